The first-order valence-electron chi connectivity index (χ1n) is 8.50. The predicted molar refractivity (Wildman–Crippen MR) is 103 cm³/mol. The second-order valence-electron chi connectivity index (χ2n) is 6.31. The van der Waals surface area contributed by atoms with Crippen molar-refractivity contribution in [2.75, 3.05) is 5.32 Å². The molecule has 4 rings (SSSR count). The average Bonchev–Trinajstić information content (AvgIpc) is 3.22. The summed E-state index contributed by atoms with van der Waals surface area (Å²) >= 11 is 1.31. The Morgan fingerprint density at radius 2 is 1.93 bits per heavy atom. The molecule has 0 spiro atoms. The van der Waals surface area contributed by atoms with Crippen molar-refractivity contribution in [1.82, 2.24) is 19.6 Å². The number of carbonyl (C=O) groups excluding carboxylic acids is 1. The first-order chi connectivity index (χ1) is 13.7. The minimum absolute atomic E-state index is 0.0664. The number of rotatable bonds is 3. The third-order valence-electron chi connectivity index (χ3n) is 4.24. The zero-order chi connectivity index (χ0) is 20.8. The van der Waals surface area contributed by atoms with Crippen LogP contribution < -0.4 is 5.32 Å². The number of benzene rings is 1. The van der Waals surface area contributed by atoms with Crippen LogP contribution in [0.15, 0.2) is 42.7 Å². The highest BCUT2D eigenvalue weighted by molar-refractivity contribution is 7.15. The van der Waals surface area contributed by atoms with Crippen LogP contribution in [0.3, 0.4) is 0 Å². The van der Waals surface area contributed by atoms with E-state index in [2.05, 4.69) is 20.4 Å². The Morgan fingerprint density at radius 3 is 2.62 bits per heavy atom. The summed E-state index contributed by atoms with van der Waals surface area (Å²) in [5, 5.41) is 7.35. The number of alkyl halides is 3. The summed E-state index contributed by atoms with van der Waals surface area (Å²) in [6.07, 6.45) is -1.40. The predicted octanol–water partition coefficient (Wildman–Crippen LogP) is 4.74. The number of nitrogens with zero attached hydrogens (tertiary/aromatic N) is 4. The van der Waals surface area contributed by atoms with Gasteiger partial charge in [0.25, 0.3) is 5.91 Å². The van der Waals surface area contributed by atoms with Crippen molar-refractivity contribution in [2.45, 2.75) is 20.0 Å². The molecule has 0 aliphatic heterocycles. The highest BCUT2D eigenvalue weighted by atomic mass is 32.1. The second-order valence-corrected chi connectivity index (χ2v) is 7.55. The molecule has 0 fully saturated rings. The van der Waals surface area contributed by atoms with Crippen LogP contribution >= 0.6 is 11.3 Å². The highest BCUT2D eigenvalue weighted by Crippen LogP contribution is 2.36. The largest absolute Gasteiger partial charge is 0.417 e. The Balaban J connectivity index is 1.81. The Hall–Kier alpha value is -3.27. The molecule has 29 heavy (non-hydrogen) atoms. The molecule has 0 saturated heterocycles. The van der Waals surface area contributed by atoms with Gasteiger partial charge < -0.3 is 0 Å². The summed E-state index contributed by atoms with van der Waals surface area (Å²) in [4.78, 5) is 22.1. The number of halogens is 3. The molecule has 3 aromatic heterocycles. The van der Waals surface area contributed by atoms with Gasteiger partial charge in [0, 0.05) is 22.8 Å². The summed E-state index contributed by atoms with van der Waals surface area (Å²) in [7, 11) is 0. The monoisotopic (exact) mass is 417 g/mol. The van der Waals surface area contributed by atoms with E-state index in [0.29, 0.717) is 10.8 Å². The molecule has 1 N–H and O–H groups in total. The van der Waals surface area contributed by atoms with Crippen LogP contribution in [-0.4, -0.2) is 25.5 Å². The quantitative estimate of drug-likeness (QED) is 0.523. The summed E-state index contributed by atoms with van der Waals surface area (Å²) in [6, 6.07) is 6.62. The van der Waals surface area contributed by atoms with Crippen LogP contribution in [0.2, 0.25) is 0 Å². The third-order valence-corrected chi connectivity index (χ3v) is 5.07. The molecule has 1 amide bonds. The lowest BCUT2D eigenvalue weighted by Crippen LogP contribution is -2.13. The number of aryl methyl sites for hydroxylation is 2. The Bertz CT molecular complexity index is 1230. The van der Waals surface area contributed by atoms with Crippen LogP contribution in [0.4, 0.5) is 18.3 Å². The minimum Gasteiger partial charge on any atom is -0.298 e. The number of fused-ring (bicyclic) bond motifs is 1. The van der Waals surface area contributed by atoms with Crippen molar-refractivity contribution in [3.05, 3.63) is 64.4 Å². The van der Waals surface area contributed by atoms with Gasteiger partial charge in [-0.05, 0) is 26.0 Å². The fourth-order valence-electron chi connectivity index (χ4n) is 2.98. The Kier molecular flexibility index (Phi) is 4.58. The van der Waals surface area contributed by atoms with E-state index < -0.39 is 17.6 Å². The molecule has 10 heteroatoms. The lowest BCUT2D eigenvalue weighted by atomic mass is 10.0. The fourth-order valence-corrected chi connectivity index (χ4v) is 3.64. The summed E-state index contributed by atoms with van der Waals surface area (Å²) in [5.74, 6) is -0.472. The number of carbonyl (C=O) groups is 1. The zero-order valence-corrected chi connectivity index (χ0v) is 16.1. The van der Waals surface area contributed by atoms with Crippen LogP contribution in [-0.2, 0) is 6.18 Å². The second kappa shape index (κ2) is 6.96. The van der Waals surface area contributed by atoms with E-state index in [1.165, 1.54) is 46.3 Å². The normalized spacial score (nSPS) is 11.8. The van der Waals surface area contributed by atoms with Gasteiger partial charge >= 0.3 is 6.18 Å². The van der Waals surface area contributed by atoms with Crippen LogP contribution in [0.5, 0.6) is 0 Å². The molecule has 0 atom stereocenters. The van der Waals surface area contributed by atoms with Gasteiger partial charge in [-0.15, -0.1) is 11.3 Å². The molecule has 0 aliphatic carbocycles. The van der Waals surface area contributed by atoms with Crippen LogP contribution in [0.25, 0.3) is 16.9 Å². The maximum absolute atomic E-state index is 13.4. The fraction of sp³-hybridized carbons (Fsp3) is 0.158. The van der Waals surface area contributed by atoms with E-state index in [4.69, 9.17) is 0 Å². The van der Waals surface area contributed by atoms with Gasteiger partial charge in [-0.3, -0.25) is 10.1 Å². The molecule has 3 heterocycles. The molecule has 0 aliphatic rings. The van der Waals surface area contributed by atoms with Gasteiger partial charge in [-0.1, -0.05) is 18.2 Å². The van der Waals surface area contributed by atoms with Crippen LogP contribution in [0.1, 0.15) is 26.5 Å². The molecular weight excluding hydrogens is 403 g/mol. The number of hydrogen-bond acceptors (Lipinski definition) is 5. The topological polar surface area (TPSA) is 72.2 Å². The van der Waals surface area contributed by atoms with E-state index in [9.17, 15) is 18.0 Å². The maximum atomic E-state index is 13.4. The molecule has 1 aromatic carbocycles. The first kappa shape index (κ1) is 19.1. The summed E-state index contributed by atoms with van der Waals surface area (Å²) < 4.78 is 41.5. The van der Waals surface area contributed by atoms with Crippen molar-refractivity contribution >= 4 is 28.0 Å². The van der Waals surface area contributed by atoms with Crippen molar-refractivity contribution in [1.29, 1.82) is 0 Å². The van der Waals surface area contributed by atoms with Crippen LogP contribution in [0, 0.1) is 13.8 Å². The zero-order valence-electron chi connectivity index (χ0n) is 15.3. The highest BCUT2D eigenvalue weighted by Gasteiger charge is 2.33. The molecule has 0 saturated carbocycles. The molecule has 4 aromatic rings. The lowest BCUT2D eigenvalue weighted by molar-refractivity contribution is -0.137. The first-order valence-corrected chi connectivity index (χ1v) is 9.32. The molecular formula is C19H14F3N5OS. The maximum Gasteiger partial charge on any atom is 0.417 e. The van der Waals surface area contributed by atoms with Crippen molar-refractivity contribution in [2.24, 2.45) is 0 Å². The van der Waals surface area contributed by atoms with Crippen molar-refractivity contribution in [3.8, 4) is 11.3 Å². The summed E-state index contributed by atoms with van der Waals surface area (Å²) in [6.45, 7) is 3.50. The van der Waals surface area contributed by atoms with E-state index in [1.807, 2.05) is 6.92 Å². The minimum atomic E-state index is -4.52. The van der Waals surface area contributed by atoms with E-state index in [0.717, 1.165) is 10.9 Å². The average molecular weight is 417 g/mol. The number of nitrogens with one attached hydrogen (secondary N) is 1. The lowest BCUT2D eigenvalue weighted by Gasteiger charge is -2.12. The third kappa shape index (κ3) is 3.58. The molecule has 6 nitrogen and oxygen atoms in total. The Morgan fingerprint density at radius 1 is 1.17 bits per heavy atom. The smallest absolute Gasteiger partial charge is 0.298 e. The summed E-state index contributed by atoms with van der Waals surface area (Å²) in [5.41, 5.74) is 0.00144. The van der Waals surface area contributed by atoms with E-state index in [1.54, 1.807) is 13.1 Å². The molecule has 0 unspecified atom stereocenters. The van der Waals surface area contributed by atoms with Crippen molar-refractivity contribution < 1.29 is 18.0 Å². The van der Waals surface area contributed by atoms with Gasteiger partial charge in [-0.25, -0.2) is 14.5 Å². The number of aromatic nitrogens is 4. The number of amides is 1. The van der Waals surface area contributed by atoms with Gasteiger partial charge in [0.05, 0.1) is 17.0 Å². The number of thiazole rings is 1. The van der Waals surface area contributed by atoms with Gasteiger partial charge in [-0.2, -0.15) is 18.3 Å². The molecule has 148 valence electrons. The molecule has 0 radical (unpaired) electrons. The standard InChI is InChI=1S/C19H14F3N5OS/c1-10-9-23-18(29-10)25-17(28)15-11(2)26-27-8-7-14(24-16(15)27)12-5-3-4-6-13(12)19(20,21)22/h3-9H,1-2H3,(H,23,25,28). The van der Waals surface area contributed by atoms with Gasteiger partial charge in [0.15, 0.2) is 10.8 Å². The van der Waals surface area contributed by atoms with Crippen molar-refractivity contribution in [3.63, 3.8) is 0 Å². The van der Waals surface area contributed by atoms with E-state index in [-0.39, 0.29) is 22.5 Å². The van der Waals surface area contributed by atoms with Gasteiger partial charge in [0.1, 0.15) is 5.56 Å². The number of hydrogen-bond donors (Lipinski definition) is 1. The Labute approximate surface area is 167 Å². The number of anilines is 1. The molecule has 0 bridgehead atoms. The van der Waals surface area contributed by atoms with Gasteiger partial charge in [0.2, 0.25) is 0 Å². The van der Waals surface area contributed by atoms with E-state index >= 15 is 0 Å². The SMILES string of the molecule is Cc1cnc(NC(=O)c2c(C)nn3ccc(-c4ccccc4C(F)(F)F)nc23)s1.